The number of hydrogen-bond acceptors (Lipinski definition) is 4. The van der Waals surface area contributed by atoms with Crippen LogP contribution in [0.25, 0.3) is 0 Å². The smallest absolute Gasteiger partial charge is 0.214 e. The number of rotatable bonds is 6. The lowest BCUT2D eigenvalue weighted by atomic mass is 9.98. The molecule has 7 heteroatoms. The van der Waals surface area contributed by atoms with Gasteiger partial charge < -0.3 is 4.57 Å². The fourth-order valence-electron chi connectivity index (χ4n) is 2.71. The van der Waals surface area contributed by atoms with E-state index in [4.69, 9.17) is 0 Å². The zero-order valence-electron chi connectivity index (χ0n) is 12.8. The molecule has 0 aliphatic carbocycles. The van der Waals surface area contributed by atoms with Crippen molar-refractivity contribution in [1.29, 1.82) is 0 Å². The largest absolute Gasteiger partial charge is 0.315 e. The molecule has 1 saturated heterocycles. The van der Waals surface area contributed by atoms with Crippen molar-refractivity contribution >= 4 is 10.0 Å². The number of allylic oxidation sites excluding steroid dienone is 1. The summed E-state index contributed by atoms with van der Waals surface area (Å²) in [7, 11) is -3.20. The molecule has 2 rings (SSSR count). The third-order valence-electron chi connectivity index (χ3n) is 3.88. The van der Waals surface area contributed by atoms with Gasteiger partial charge in [0.05, 0.1) is 5.75 Å². The Hall–Kier alpha value is -1.21. The number of aromatic nitrogens is 3. The summed E-state index contributed by atoms with van der Waals surface area (Å²) in [6, 6.07) is 0.280. The minimum absolute atomic E-state index is 0.127. The molecule has 1 aromatic heterocycles. The molecule has 0 bridgehead atoms. The van der Waals surface area contributed by atoms with Crippen molar-refractivity contribution in [3.05, 3.63) is 24.8 Å². The van der Waals surface area contributed by atoms with Gasteiger partial charge in [-0.25, -0.2) is 12.7 Å². The van der Waals surface area contributed by atoms with Crippen LogP contribution in [-0.2, 0) is 10.0 Å². The van der Waals surface area contributed by atoms with Gasteiger partial charge in [-0.2, -0.15) is 0 Å². The van der Waals surface area contributed by atoms with Gasteiger partial charge in [-0.1, -0.05) is 6.08 Å². The molecule has 1 atom stereocenters. The molecule has 0 radical (unpaired) electrons. The molecule has 1 aliphatic heterocycles. The lowest BCUT2D eigenvalue weighted by molar-refractivity contribution is 0.302. The number of sulfonamides is 1. The first kappa shape index (κ1) is 16.2. The summed E-state index contributed by atoms with van der Waals surface area (Å²) in [5, 5.41) is 8.20. The predicted molar refractivity (Wildman–Crippen MR) is 82.6 cm³/mol. The highest BCUT2D eigenvalue weighted by atomic mass is 32.2. The van der Waals surface area contributed by atoms with E-state index in [2.05, 4.69) is 30.6 Å². The molecule has 0 aromatic carbocycles. The second kappa shape index (κ2) is 6.70. The lowest BCUT2D eigenvalue weighted by Gasteiger charge is -2.31. The third-order valence-corrected chi connectivity index (χ3v) is 5.75. The van der Waals surface area contributed by atoms with E-state index in [1.165, 1.54) is 0 Å². The fourth-order valence-corrected chi connectivity index (χ4v) is 4.25. The minimum Gasteiger partial charge on any atom is -0.315 e. The molecule has 0 N–H and O–H groups in total. The van der Waals surface area contributed by atoms with E-state index in [9.17, 15) is 8.42 Å². The van der Waals surface area contributed by atoms with Crippen molar-refractivity contribution in [2.45, 2.75) is 45.1 Å². The molecule has 0 unspecified atom stereocenters. The summed E-state index contributed by atoms with van der Waals surface area (Å²) in [6.45, 7) is 8.85. The van der Waals surface area contributed by atoms with E-state index in [1.807, 2.05) is 4.57 Å². The highest BCUT2D eigenvalue weighted by Gasteiger charge is 2.31. The number of piperidine rings is 1. The number of nitrogens with zero attached hydrogens (tertiary/aromatic N) is 4. The molecule has 0 spiro atoms. The van der Waals surface area contributed by atoms with Crippen LogP contribution in [-0.4, -0.2) is 46.3 Å². The van der Waals surface area contributed by atoms with Crippen molar-refractivity contribution in [2.24, 2.45) is 0 Å². The third kappa shape index (κ3) is 3.71. The molecular weight excluding hydrogens is 288 g/mol. The van der Waals surface area contributed by atoms with Crippen LogP contribution in [0.3, 0.4) is 0 Å². The first-order valence-corrected chi connectivity index (χ1v) is 9.04. The average molecular weight is 312 g/mol. The van der Waals surface area contributed by atoms with Gasteiger partial charge in [-0.05, 0) is 33.1 Å². The van der Waals surface area contributed by atoms with Crippen LogP contribution in [0.4, 0.5) is 0 Å². The maximum atomic E-state index is 12.3. The fraction of sp³-hybridized carbons (Fsp3) is 0.714. The Morgan fingerprint density at radius 3 is 2.95 bits per heavy atom. The molecule has 0 amide bonds. The van der Waals surface area contributed by atoms with Gasteiger partial charge in [0, 0.05) is 25.0 Å². The molecule has 0 saturated carbocycles. The molecule has 1 aliphatic rings. The molecule has 118 valence electrons. The molecule has 2 heterocycles. The van der Waals surface area contributed by atoms with Gasteiger partial charge in [0.15, 0.2) is 0 Å². The van der Waals surface area contributed by atoms with Crippen molar-refractivity contribution in [1.82, 2.24) is 19.1 Å². The van der Waals surface area contributed by atoms with Gasteiger partial charge >= 0.3 is 0 Å². The molecule has 1 fully saturated rings. The van der Waals surface area contributed by atoms with Crippen LogP contribution in [0, 0.1) is 0 Å². The average Bonchev–Trinajstić information content (AvgIpc) is 2.95. The van der Waals surface area contributed by atoms with Crippen molar-refractivity contribution in [3.63, 3.8) is 0 Å². The highest BCUT2D eigenvalue weighted by Crippen LogP contribution is 2.28. The quantitative estimate of drug-likeness (QED) is 0.753. The van der Waals surface area contributed by atoms with E-state index in [0.717, 1.165) is 18.7 Å². The zero-order valence-corrected chi connectivity index (χ0v) is 13.6. The van der Waals surface area contributed by atoms with Gasteiger partial charge in [-0.15, -0.1) is 16.8 Å². The summed E-state index contributed by atoms with van der Waals surface area (Å²) < 4.78 is 28.3. The Morgan fingerprint density at radius 2 is 2.29 bits per heavy atom. The van der Waals surface area contributed by atoms with E-state index in [-0.39, 0.29) is 17.7 Å². The Kier molecular flexibility index (Phi) is 5.16. The Morgan fingerprint density at radius 1 is 1.52 bits per heavy atom. The lowest BCUT2D eigenvalue weighted by Crippen LogP contribution is -2.40. The SMILES string of the molecule is C=CCCS(=O)(=O)N1CCC[C@H](c2nncn2C(C)C)C1. The summed E-state index contributed by atoms with van der Waals surface area (Å²) in [5.74, 6) is 1.16. The Balaban J connectivity index is 2.14. The standard InChI is InChI=1S/C14H24N4O2S/c1-4-5-9-21(19,20)17-8-6-7-13(10-17)14-16-15-11-18(14)12(2)3/h4,11-13H,1,5-10H2,2-3H3/t13-/m0/s1. The first-order chi connectivity index (χ1) is 9.95. The molecule has 1 aromatic rings. The second-order valence-electron chi connectivity index (χ2n) is 5.78. The Labute approximate surface area is 126 Å². The van der Waals surface area contributed by atoms with Crippen molar-refractivity contribution in [3.8, 4) is 0 Å². The maximum Gasteiger partial charge on any atom is 0.214 e. The maximum absolute atomic E-state index is 12.3. The van der Waals surface area contributed by atoms with E-state index in [1.54, 1.807) is 16.7 Å². The minimum atomic E-state index is -3.20. The zero-order chi connectivity index (χ0) is 15.5. The second-order valence-corrected chi connectivity index (χ2v) is 7.87. The van der Waals surface area contributed by atoms with Crippen molar-refractivity contribution in [2.75, 3.05) is 18.8 Å². The normalized spacial score (nSPS) is 20.8. The molecule has 21 heavy (non-hydrogen) atoms. The highest BCUT2D eigenvalue weighted by molar-refractivity contribution is 7.89. The summed E-state index contributed by atoms with van der Waals surface area (Å²) >= 11 is 0. The van der Waals surface area contributed by atoms with Gasteiger partial charge in [0.25, 0.3) is 0 Å². The summed E-state index contributed by atoms with van der Waals surface area (Å²) in [4.78, 5) is 0. The van der Waals surface area contributed by atoms with Crippen LogP contribution in [0.2, 0.25) is 0 Å². The van der Waals surface area contributed by atoms with Gasteiger partial charge in [-0.3, -0.25) is 0 Å². The van der Waals surface area contributed by atoms with Crippen LogP contribution in [0.5, 0.6) is 0 Å². The molecule has 6 nitrogen and oxygen atoms in total. The van der Waals surface area contributed by atoms with E-state index in [0.29, 0.717) is 19.5 Å². The summed E-state index contributed by atoms with van der Waals surface area (Å²) in [5.41, 5.74) is 0. The number of hydrogen-bond donors (Lipinski definition) is 0. The van der Waals surface area contributed by atoms with Crippen LogP contribution in [0.1, 0.15) is 50.9 Å². The monoisotopic (exact) mass is 312 g/mol. The van der Waals surface area contributed by atoms with Crippen LogP contribution < -0.4 is 0 Å². The summed E-state index contributed by atoms with van der Waals surface area (Å²) in [6.07, 6.45) is 5.69. The van der Waals surface area contributed by atoms with Crippen LogP contribution in [0.15, 0.2) is 19.0 Å². The topological polar surface area (TPSA) is 68.1 Å². The van der Waals surface area contributed by atoms with Gasteiger partial charge in [0.2, 0.25) is 10.0 Å². The van der Waals surface area contributed by atoms with Crippen molar-refractivity contribution < 1.29 is 8.42 Å². The van der Waals surface area contributed by atoms with E-state index < -0.39 is 10.0 Å². The predicted octanol–water partition coefficient (Wildman–Crippen LogP) is 1.94. The molecular formula is C14H24N4O2S. The van der Waals surface area contributed by atoms with Gasteiger partial charge in [0.1, 0.15) is 12.2 Å². The first-order valence-electron chi connectivity index (χ1n) is 7.44. The van der Waals surface area contributed by atoms with Crippen LogP contribution >= 0.6 is 0 Å². The Bertz CT molecular complexity index is 580. The van der Waals surface area contributed by atoms with E-state index >= 15 is 0 Å².